The molecule has 2 aromatic heterocycles. The minimum Gasteiger partial charge on any atom is -0.472 e. The number of hydrogen-bond donors (Lipinski definition) is 1. The Balaban J connectivity index is 2.13. The molecule has 0 saturated heterocycles. The van der Waals surface area contributed by atoms with Gasteiger partial charge in [-0.1, -0.05) is 19.1 Å². The number of furan rings is 1. The summed E-state index contributed by atoms with van der Waals surface area (Å²) in [5.41, 5.74) is 2.48. The average molecular weight is 336 g/mol. The third kappa shape index (κ3) is 2.36. The molecule has 1 atom stereocenters. The molecular weight excluding hydrogens is 322 g/mol. The Bertz CT molecular complexity index is 675. The molecule has 2 heterocycles. The van der Waals surface area contributed by atoms with Crippen LogP contribution in [0.15, 0.2) is 51.1 Å². The van der Waals surface area contributed by atoms with E-state index in [0.29, 0.717) is 0 Å². The molecule has 1 aromatic carbocycles. The van der Waals surface area contributed by atoms with E-state index < -0.39 is 0 Å². The Labute approximate surface area is 124 Å². The summed E-state index contributed by atoms with van der Waals surface area (Å²) < 4.78 is 7.68. The Hall–Kier alpha value is -1.10. The Morgan fingerprint density at radius 3 is 3.00 bits per heavy atom. The van der Waals surface area contributed by atoms with Gasteiger partial charge in [0.05, 0.1) is 18.6 Å². The maximum Gasteiger partial charge on any atom is 0.0953 e. The SMILES string of the molecule is CCNC(c1ccoc1)c1csc2c(Br)cccc12. The molecule has 1 N–H and O–H groups in total. The first-order valence-electron chi connectivity index (χ1n) is 6.22. The monoisotopic (exact) mass is 335 g/mol. The second-order valence-corrected chi connectivity index (χ2v) is 6.09. The van der Waals surface area contributed by atoms with Gasteiger partial charge in [-0.2, -0.15) is 0 Å². The van der Waals surface area contributed by atoms with E-state index in [2.05, 4.69) is 51.7 Å². The van der Waals surface area contributed by atoms with Gasteiger partial charge in [-0.3, -0.25) is 0 Å². The molecule has 0 radical (unpaired) electrons. The summed E-state index contributed by atoms with van der Waals surface area (Å²) in [7, 11) is 0. The molecule has 0 aliphatic rings. The van der Waals surface area contributed by atoms with E-state index >= 15 is 0 Å². The van der Waals surface area contributed by atoms with Crippen molar-refractivity contribution in [2.75, 3.05) is 6.54 Å². The normalized spacial score (nSPS) is 12.9. The lowest BCUT2D eigenvalue weighted by Gasteiger charge is -2.16. The number of rotatable bonds is 4. The van der Waals surface area contributed by atoms with Crippen LogP contribution in [0.2, 0.25) is 0 Å². The number of hydrogen-bond acceptors (Lipinski definition) is 3. The van der Waals surface area contributed by atoms with Gasteiger partial charge in [-0.05, 0) is 50.9 Å². The van der Waals surface area contributed by atoms with E-state index in [-0.39, 0.29) is 6.04 Å². The molecule has 0 saturated carbocycles. The summed E-state index contributed by atoms with van der Waals surface area (Å²) in [4.78, 5) is 0. The Kier molecular flexibility index (Phi) is 3.73. The molecule has 0 amide bonds. The van der Waals surface area contributed by atoms with E-state index in [4.69, 9.17) is 4.42 Å². The van der Waals surface area contributed by atoms with Gasteiger partial charge in [-0.15, -0.1) is 11.3 Å². The molecule has 2 nitrogen and oxygen atoms in total. The molecule has 98 valence electrons. The molecule has 0 bridgehead atoms. The molecule has 0 spiro atoms. The van der Waals surface area contributed by atoms with Crippen LogP contribution < -0.4 is 5.32 Å². The van der Waals surface area contributed by atoms with Gasteiger partial charge < -0.3 is 9.73 Å². The van der Waals surface area contributed by atoms with Gasteiger partial charge >= 0.3 is 0 Å². The molecule has 3 aromatic rings. The van der Waals surface area contributed by atoms with Crippen LogP contribution in [0.1, 0.15) is 24.1 Å². The fourth-order valence-electron chi connectivity index (χ4n) is 2.32. The summed E-state index contributed by atoms with van der Waals surface area (Å²) >= 11 is 5.39. The van der Waals surface area contributed by atoms with Gasteiger partial charge in [0.15, 0.2) is 0 Å². The summed E-state index contributed by atoms with van der Waals surface area (Å²) in [6, 6.07) is 8.56. The van der Waals surface area contributed by atoms with Crippen LogP contribution in [0.5, 0.6) is 0 Å². The van der Waals surface area contributed by atoms with Crippen molar-refractivity contribution in [3.8, 4) is 0 Å². The zero-order valence-electron chi connectivity index (χ0n) is 10.5. The highest BCUT2D eigenvalue weighted by Crippen LogP contribution is 2.37. The van der Waals surface area contributed by atoms with Gasteiger partial charge in [0.25, 0.3) is 0 Å². The average Bonchev–Trinajstić information content (AvgIpc) is 3.06. The molecule has 1 unspecified atom stereocenters. The molecular formula is C15H14BrNOS. The molecule has 3 rings (SSSR count). The number of fused-ring (bicyclic) bond motifs is 1. The second-order valence-electron chi connectivity index (χ2n) is 4.35. The Morgan fingerprint density at radius 2 is 2.26 bits per heavy atom. The van der Waals surface area contributed by atoms with E-state index in [1.807, 2.05) is 12.3 Å². The summed E-state index contributed by atoms with van der Waals surface area (Å²) in [6.07, 6.45) is 3.54. The summed E-state index contributed by atoms with van der Waals surface area (Å²) in [5, 5.41) is 7.06. The first kappa shape index (κ1) is 12.9. The topological polar surface area (TPSA) is 25.2 Å². The third-order valence-corrected chi connectivity index (χ3v) is 5.15. The molecule has 0 fully saturated rings. The lowest BCUT2D eigenvalue weighted by Crippen LogP contribution is -2.21. The number of thiophene rings is 1. The van der Waals surface area contributed by atoms with E-state index in [1.165, 1.54) is 21.2 Å². The smallest absolute Gasteiger partial charge is 0.0953 e. The number of nitrogens with one attached hydrogen (secondary N) is 1. The molecule has 19 heavy (non-hydrogen) atoms. The quantitative estimate of drug-likeness (QED) is 0.729. The highest BCUT2D eigenvalue weighted by atomic mass is 79.9. The minimum atomic E-state index is 0.187. The van der Waals surface area contributed by atoms with Crippen LogP contribution in [0.4, 0.5) is 0 Å². The van der Waals surface area contributed by atoms with E-state index in [1.54, 1.807) is 17.6 Å². The fourth-order valence-corrected chi connectivity index (χ4v) is 3.96. The standard InChI is InChI=1S/C15H14BrNOS/c1-2-17-14(10-6-7-18-8-10)12-9-19-15-11(12)4-3-5-13(15)16/h3-9,14,17H,2H2,1H3. The first-order chi connectivity index (χ1) is 9.31. The lowest BCUT2D eigenvalue weighted by molar-refractivity contribution is 0.553. The van der Waals surface area contributed by atoms with E-state index in [9.17, 15) is 0 Å². The van der Waals surface area contributed by atoms with Crippen LogP contribution in [-0.2, 0) is 0 Å². The van der Waals surface area contributed by atoms with Gasteiger partial charge in [0, 0.05) is 14.7 Å². The maximum absolute atomic E-state index is 5.23. The summed E-state index contributed by atoms with van der Waals surface area (Å²) in [5.74, 6) is 0. The van der Waals surface area contributed by atoms with Crippen molar-refractivity contribution < 1.29 is 4.42 Å². The van der Waals surface area contributed by atoms with Gasteiger partial charge in [0.2, 0.25) is 0 Å². The zero-order valence-corrected chi connectivity index (χ0v) is 12.9. The molecule has 0 aliphatic heterocycles. The van der Waals surface area contributed by atoms with Crippen molar-refractivity contribution in [2.45, 2.75) is 13.0 Å². The minimum absolute atomic E-state index is 0.187. The van der Waals surface area contributed by atoms with Crippen molar-refractivity contribution in [1.82, 2.24) is 5.32 Å². The van der Waals surface area contributed by atoms with Crippen molar-refractivity contribution in [1.29, 1.82) is 0 Å². The van der Waals surface area contributed by atoms with Crippen LogP contribution in [0.25, 0.3) is 10.1 Å². The van der Waals surface area contributed by atoms with Crippen molar-refractivity contribution in [3.05, 3.63) is 57.8 Å². The van der Waals surface area contributed by atoms with Gasteiger partial charge in [0.1, 0.15) is 0 Å². The molecule has 0 aliphatic carbocycles. The van der Waals surface area contributed by atoms with Crippen LogP contribution >= 0.6 is 27.3 Å². The third-order valence-electron chi connectivity index (χ3n) is 3.18. The van der Waals surface area contributed by atoms with Crippen molar-refractivity contribution in [3.63, 3.8) is 0 Å². The predicted molar refractivity (Wildman–Crippen MR) is 83.8 cm³/mol. The zero-order chi connectivity index (χ0) is 13.2. The number of benzene rings is 1. The van der Waals surface area contributed by atoms with Crippen LogP contribution in [0.3, 0.4) is 0 Å². The largest absolute Gasteiger partial charge is 0.472 e. The highest BCUT2D eigenvalue weighted by molar-refractivity contribution is 9.10. The molecule has 4 heteroatoms. The van der Waals surface area contributed by atoms with Crippen LogP contribution in [-0.4, -0.2) is 6.54 Å². The van der Waals surface area contributed by atoms with Crippen molar-refractivity contribution in [2.24, 2.45) is 0 Å². The maximum atomic E-state index is 5.23. The second kappa shape index (κ2) is 5.49. The summed E-state index contributed by atoms with van der Waals surface area (Å²) in [6.45, 7) is 3.04. The lowest BCUT2D eigenvalue weighted by atomic mass is 10.0. The van der Waals surface area contributed by atoms with Crippen LogP contribution in [0, 0.1) is 0 Å². The van der Waals surface area contributed by atoms with Crippen molar-refractivity contribution >= 4 is 37.4 Å². The highest BCUT2D eigenvalue weighted by Gasteiger charge is 2.18. The van der Waals surface area contributed by atoms with Gasteiger partial charge in [-0.25, -0.2) is 0 Å². The first-order valence-corrected chi connectivity index (χ1v) is 7.89. The predicted octanol–water partition coefficient (Wildman–Crippen LogP) is 4.96. The number of halogens is 1. The Morgan fingerprint density at radius 1 is 1.37 bits per heavy atom. The fraction of sp³-hybridized carbons (Fsp3) is 0.200. The van der Waals surface area contributed by atoms with E-state index in [0.717, 1.165) is 11.0 Å².